The molecule has 0 aromatic heterocycles. The van der Waals surface area contributed by atoms with E-state index in [1.807, 2.05) is 6.92 Å². The maximum Gasteiger partial charge on any atom is 0.214 e. The van der Waals surface area contributed by atoms with E-state index in [-0.39, 0.29) is 5.75 Å². The Morgan fingerprint density at radius 1 is 1.20 bits per heavy atom. The molecule has 2 heterocycles. The standard InChI is InChI=1S/C15H22N2O2S/c1-2-9-20(18,19)17-11-15(12-17)16-8-7-13-5-3-4-6-14(13)10-16/h3-6,15H,2,7-12H2,1H3. The molecule has 3 rings (SSSR count). The number of benzene rings is 1. The second-order valence-corrected chi connectivity index (χ2v) is 7.86. The second-order valence-electron chi connectivity index (χ2n) is 5.78. The van der Waals surface area contributed by atoms with Crippen LogP contribution in [0.1, 0.15) is 24.5 Å². The summed E-state index contributed by atoms with van der Waals surface area (Å²) in [6.45, 7) is 5.26. The number of hydrogen-bond donors (Lipinski definition) is 0. The fourth-order valence-corrected chi connectivity index (χ4v) is 4.66. The minimum atomic E-state index is -3.00. The third kappa shape index (κ3) is 2.62. The van der Waals surface area contributed by atoms with Crippen molar-refractivity contribution >= 4 is 10.0 Å². The molecule has 2 aliphatic rings. The first kappa shape index (κ1) is 14.0. The van der Waals surface area contributed by atoms with Crippen molar-refractivity contribution in [3.05, 3.63) is 35.4 Å². The number of nitrogens with zero attached hydrogens (tertiary/aromatic N) is 2. The van der Waals surface area contributed by atoms with Crippen molar-refractivity contribution in [3.63, 3.8) is 0 Å². The molecule has 0 bridgehead atoms. The Bertz CT molecular complexity index is 579. The maximum absolute atomic E-state index is 11.9. The molecule has 1 saturated heterocycles. The number of sulfonamides is 1. The molecule has 0 saturated carbocycles. The molecule has 0 aliphatic carbocycles. The number of hydrogen-bond acceptors (Lipinski definition) is 3. The summed E-state index contributed by atoms with van der Waals surface area (Å²) in [5, 5.41) is 0. The zero-order chi connectivity index (χ0) is 14.2. The first-order chi connectivity index (χ1) is 9.60. The van der Waals surface area contributed by atoms with Crippen LogP contribution in [-0.2, 0) is 23.0 Å². The molecule has 0 N–H and O–H groups in total. The Labute approximate surface area is 121 Å². The molecule has 1 aromatic rings. The lowest BCUT2D eigenvalue weighted by atomic mass is 9.97. The monoisotopic (exact) mass is 294 g/mol. The van der Waals surface area contributed by atoms with Crippen LogP contribution in [0.2, 0.25) is 0 Å². The van der Waals surface area contributed by atoms with Crippen LogP contribution >= 0.6 is 0 Å². The van der Waals surface area contributed by atoms with Crippen molar-refractivity contribution in [1.82, 2.24) is 9.21 Å². The fourth-order valence-electron chi connectivity index (χ4n) is 3.09. The Morgan fingerprint density at radius 3 is 2.60 bits per heavy atom. The Kier molecular flexibility index (Phi) is 3.84. The first-order valence-corrected chi connectivity index (χ1v) is 8.99. The minimum Gasteiger partial charge on any atom is -0.293 e. The highest BCUT2D eigenvalue weighted by Gasteiger charge is 2.38. The number of fused-ring (bicyclic) bond motifs is 1. The average molecular weight is 294 g/mol. The molecule has 0 atom stereocenters. The van der Waals surface area contributed by atoms with Crippen molar-refractivity contribution < 1.29 is 8.42 Å². The predicted octanol–water partition coefficient (Wildman–Crippen LogP) is 1.47. The molecule has 20 heavy (non-hydrogen) atoms. The molecule has 4 nitrogen and oxygen atoms in total. The molecule has 1 fully saturated rings. The third-order valence-electron chi connectivity index (χ3n) is 4.36. The molecule has 2 aliphatic heterocycles. The highest BCUT2D eigenvalue weighted by Crippen LogP contribution is 2.25. The van der Waals surface area contributed by atoms with Gasteiger partial charge in [0, 0.05) is 32.2 Å². The topological polar surface area (TPSA) is 40.6 Å². The molecule has 0 radical (unpaired) electrons. The van der Waals surface area contributed by atoms with Gasteiger partial charge in [-0.2, -0.15) is 4.31 Å². The van der Waals surface area contributed by atoms with E-state index in [0.29, 0.717) is 25.6 Å². The molecular formula is C15H22N2O2S. The smallest absolute Gasteiger partial charge is 0.214 e. The van der Waals surface area contributed by atoms with Crippen LogP contribution in [0.25, 0.3) is 0 Å². The zero-order valence-corrected chi connectivity index (χ0v) is 12.8. The van der Waals surface area contributed by atoms with Gasteiger partial charge in [0.25, 0.3) is 0 Å². The van der Waals surface area contributed by atoms with Gasteiger partial charge >= 0.3 is 0 Å². The van der Waals surface area contributed by atoms with Gasteiger partial charge < -0.3 is 0 Å². The quantitative estimate of drug-likeness (QED) is 0.844. The van der Waals surface area contributed by atoms with Crippen LogP contribution < -0.4 is 0 Å². The molecule has 0 amide bonds. The lowest BCUT2D eigenvalue weighted by Gasteiger charge is -2.46. The summed E-state index contributed by atoms with van der Waals surface area (Å²) in [7, 11) is -3.00. The minimum absolute atomic E-state index is 0.280. The van der Waals surface area contributed by atoms with Gasteiger partial charge in [-0.1, -0.05) is 31.2 Å². The van der Waals surface area contributed by atoms with Crippen LogP contribution in [0.3, 0.4) is 0 Å². The largest absolute Gasteiger partial charge is 0.293 e. The van der Waals surface area contributed by atoms with Crippen LogP contribution in [0.4, 0.5) is 0 Å². The Hall–Kier alpha value is -0.910. The van der Waals surface area contributed by atoms with Crippen LogP contribution in [0.15, 0.2) is 24.3 Å². The van der Waals surface area contributed by atoms with E-state index in [1.165, 1.54) is 11.1 Å². The second kappa shape index (κ2) is 5.47. The van der Waals surface area contributed by atoms with Gasteiger partial charge in [0.1, 0.15) is 0 Å². The van der Waals surface area contributed by atoms with Gasteiger partial charge in [0.2, 0.25) is 10.0 Å². The van der Waals surface area contributed by atoms with E-state index in [4.69, 9.17) is 0 Å². The van der Waals surface area contributed by atoms with E-state index in [2.05, 4.69) is 29.2 Å². The molecule has 110 valence electrons. The van der Waals surface area contributed by atoms with Gasteiger partial charge in [0.15, 0.2) is 0 Å². The first-order valence-electron chi connectivity index (χ1n) is 7.39. The zero-order valence-electron chi connectivity index (χ0n) is 12.0. The Balaban J connectivity index is 1.59. The summed E-state index contributed by atoms with van der Waals surface area (Å²) in [6.07, 6.45) is 1.77. The summed E-state index contributed by atoms with van der Waals surface area (Å²) in [4.78, 5) is 2.43. The highest BCUT2D eigenvalue weighted by molar-refractivity contribution is 7.89. The summed E-state index contributed by atoms with van der Waals surface area (Å²) < 4.78 is 25.5. The molecule has 0 spiro atoms. The normalized spacial score (nSPS) is 21.4. The van der Waals surface area contributed by atoms with Crippen LogP contribution in [0.5, 0.6) is 0 Å². The summed E-state index contributed by atoms with van der Waals surface area (Å²) in [6, 6.07) is 8.96. The van der Waals surface area contributed by atoms with Crippen molar-refractivity contribution in [2.45, 2.75) is 32.4 Å². The van der Waals surface area contributed by atoms with E-state index < -0.39 is 10.0 Å². The van der Waals surface area contributed by atoms with E-state index in [1.54, 1.807) is 4.31 Å². The van der Waals surface area contributed by atoms with E-state index in [0.717, 1.165) is 19.5 Å². The van der Waals surface area contributed by atoms with Gasteiger partial charge in [-0.3, -0.25) is 4.90 Å². The van der Waals surface area contributed by atoms with Gasteiger partial charge in [-0.15, -0.1) is 0 Å². The van der Waals surface area contributed by atoms with E-state index in [9.17, 15) is 8.42 Å². The third-order valence-corrected chi connectivity index (χ3v) is 6.37. The van der Waals surface area contributed by atoms with Crippen molar-refractivity contribution in [2.24, 2.45) is 0 Å². The van der Waals surface area contributed by atoms with Gasteiger partial charge in [0.05, 0.1) is 5.75 Å². The van der Waals surface area contributed by atoms with Crippen molar-refractivity contribution in [1.29, 1.82) is 0 Å². The molecule has 1 aromatic carbocycles. The van der Waals surface area contributed by atoms with Crippen molar-refractivity contribution in [3.8, 4) is 0 Å². The summed E-state index contributed by atoms with van der Waals surface area (Å²) in [5.74, 6) is 0.280. The Morgan fingerprint density at radius 2 is 1.90 bits per heavy atom. The maximum atomic E-state index is 11.9. The SMILES string of the molecule is CCCS(=O)(=O)N1CC(N2CCc3ccccc3C2)C1. The lowest BCUT2D eigenvalue weighted by molar-refractivity contribution is 0.0769. The summed E-state index contributed by atoms with van der Waals surface area (Å²) in [5.41, 5.74) is 2.84. The van der Waals surface area contributed by atoms with Gasteiger partial charge in [-0.25, -0.2) is 8.42 Å². The molecule has 0 unspecified atom stereocenters. The van der Waals surface area contributed by atoms with Crippen LogP contribution in [0, 0.1) is 0 Å². The number of rotatable bonds is 4. The molecular weight excluding hydrogens is 272 g/mol. The lowest BCUT2D eigenvalue weighted by Crippen LogP contribution is -2.61. The predicted molar refractivity (Wildman–Crippen MR) is 80.0 cm³/mol. The van der Waals surface area contributed by atoms with E-state index >= 15 is 0 Å². The highest BCUT2D eigenvalue weighted by atomic mass is 32.2. The fraction of sp³-hybridized carbons (Fsp3) is 0.600. The van der Waals surface area contributed by atoms with Crippen molar-refractivity contribution in [2.75, 3.05) is 25.4 Å². The average Bonchev–Trinajstić information content (AvgIpc) is 2.36. The van der Waals surface area contributed by atoms with Gasteiger partial charge in [-0.05, 0) is 24.0 Å². The molecule has 5 heteroatoms. The van der Waals surface area contributed by atoms with Crippen LogP contribution in [-0.4, -0.2) is 49.1 Å². The summed E-state index contributed by atoms with van der Waals surface area (Å²) >= 11 is 0.